The molecule has 0 saturated carbocycles. The third-order valence-corrected chi connectivity index (χ3v) is 3.93. The summed E-state index contributed by atoms with van der Waals surface area (Å²) in [6.07, 6.45) is 8.18. The van der Waals surface area contributed by atoms with Crippen molar-refractivity contribution in [1.29, 1.82) is 0 Å². The smallest absolute Gasteiger partial charge is 0.368 e. The van der Waals surface area contributed by atoms with Gasteiger partial charge in [0.05, 0.1) is 26.8 Å². The molecule has 0 spiro atoms. The minimum Gasteiger partial charge on any atom is -0.381 e. The largest absolute Gasteiger partial charge is 0.381 e. The predicted octanol–water partition coefficient (Wildman–Crippen LogP) is 0.469. The summed E-state index contributed by atoms with van der Waals surface area (Å²) in [5.74, 6) is 0.232. The Morgan fingerprint density at radius 3 is 2.38 bits per heavy atom. The number of aromatic nitrogens is 2. The fourth-order valence-electron chi connectivity index (χ4n) is 1.34. The van der Waals surface area contributed by atoms with Crippen molar-refractivity contribution in [2.45, 2.75) is 6.16 Å². The lowest BCUT2D eigenvalue weighted by molar-refractivity contribution is 0.966. The third-order valence-electron chi connectivity index (χ3n) is 1.99. The summed E-state index contributed by atoms with van der Waals surface area (Å²) in [6.45, 7) is 3.75. The summed E-state index contributed by atoms with van der Waals surface area (Å²) in [7, 11) is -1.47. The van der Waals surface area contributed by atoms with E-state index in [-0.39, 0.29) is 5.82 Å². The van der Waals surface area contributed by atoms with Gasteiger partial charge in [-0.3, -0.25) is 9.78 Å². The normalized spacial score (nSPS) is 12.4. The van der Waals surface area contributed by atoms with Crippen LogP contribution in [0.5, 0.6) is 0 Å². The monoisotopic (exact) mass is 259 g/mol. The maximum absolute atomic E-state index is 11.6. The fraction of sp³-hybridized carbons (Fsp3) is 0.333. The van der Waals surface area contributed by atoms with Crippen LogP contribution in [0.2, 0.25) is 0 Å². The number of anilines is 1. The second kappa shape index (κ2) is 4.77. The summed E-state index contributed by atoms with van der Waals surface area (Å²) in [5, 5.41) is 0. The van der Waals surface area contributed by atoms with Crippen molar-refractivity contribution >= 4 is 33.7 Å². The molecule has 86 valence electrons. The van der Waals surface area contributed by atoms with Crippen LogP contribution in [-0.4, -0.2) is 35.2 Å². The SMILES string of the molecule is C=[P+](C)Cc1c(N)n([P+](=C)C)c(=O)[nH]c1=O. The van der Waals surface area contributed by atoms with Gasteiger partial charge >= 0.3 is 5.69 Å². The van der Waals surface area contributed by atoms with Crippen molar-refractivity contribution in [3.8, 4) is 0 Å². The van der Waals surface area contributed by atoms with Gasteiger partial charge in [0.2, 0.25) is 7.70 Å². The molecule has 7 heteroatoms. The molecule has 2 unspecified atom stereocenters. The molecule has 3 N–H and O–H groups in total. The van der Waals surface area contributed by atoms with Crippen molar-refractivity contribution in [1.82, 2.24) is 9.32 Å². The molecule has 0 fully saturated rings. The summed E-state index contributed by atoms with van der Waals surface area (Å²) in [6, 6.07) is 0. The molecule has 0 bridgehead atoms. The number of nitrogen functional groups attached to an aromatic ring is 1. The molecular weight excluding hydrogens is 244 g/mol. The molecule has 0 aliphatic rings. The number of nitrogens with one attached hydrogen (secondary N) is 1. The second-order valence-electron chi connectivity index (χ2n) is 3.61. The van der Waals surface area contributed by atoms with Gasteiger partial charge in [0.15, 0.2) is 5.82 Å². The molecule has 0 aliphatic carbocycles. The Bertz CT molecular complexity index is 571. The highest BCUT2D eigenvalue weighted by Crippen LogP contribution is 2.25. The van der Waals surface area contributed by atoms with E-state index in [0.717, 1.165) is 0 Å². The van der Waals surface area contributed by atoms with Gasteiger partial charge < -0.3 is 5.73 Å². The molecule has 0 amide bonds. The molecule has 1 heterocycles. The number of aromatic amines is 1. The van der Waals surface area contributed by atoms with E-state index in [2.05, 4.69) is 17.6 Å². The Balaban J connectivity index is 3.58. The molecule has 0 aromatic carbocycles. The van der Waals surface area contributed by atoms with Gasteiger partial charge in [-0.25, -0.2) is 4.79 Å². The fourth-order valence-corrected chi connectivity index (χ4v) is 3.03. The molecule has 0 saturated heterocycles. The van der Waals surface area contributed by atoms with Gasteiger partial charge in [0, 0.05) is 0 Å². The van der Waals surface area contributed by atoms with Crippen molar-refractivity contribution < 1.29 is 0 Å². The van der Waals surface area contributed by atoms with Crippen LogP contribution in [0.1, 0.15) is 5.56 Å². The molecule has 2 atom stereocenters. The average Bonchev–Trinajstić information content (AvgIpc) is 2.10. The lowest BCUT2D eigenvalue weighted by atomic mass is 10.3. The van der Waals surface area contributed by atoms with Gasteiger partial charge in [-0.15, -0.1) is 0 Å². The number of nitrogens with zero attached hydrogens (tertiary/aromatic N) is 1. The minimum absolute atomic E-state index is 0.232. The highest BCUT2D eigenvalue weighted by atomic mass is 31.1. The average molecular weight is 259 g/mol. The summed E-state index contributed by atoms with van der Waals surface area (Å²) >= 11 is 0. The first-order valence-electron chi connectivity index (χ1n) is 4.54. The van der Waals surface area contributed by atoms with Gasteiger partial charge in [0.1, 0.15) is 18.4 Å². The standard InChI is InChI=1S/C9H13N3O2P2/c1-15(2)5-6-7(10)12(16(3)4)9(14)11-8(6)13/h1,3,5H2,2,4H3,(H-2,10,11,13,14)/p+2. The van der Waals surface area contributed by atoms with Crippen molar-refractivity contribution in [3.05, 3.63) is 26.4 Å². The van der Waals surface area contributed by atoms with Gasteiger partial charge in [0.25, 0.3) is 5.56 Å². The third kappa shape index (κ3) is 2.49. The second-order valence-corrected chi connectivity index (χ2v) is 7.35. The first-order valence-corrected chi connectivity index (χ1v) is 8.63. The van der Waals surface area contributed by atoms with Crippen LogP contribution in [0.15, 0.2) is 9.59 Å². The Morgan fingerprint density at radius 1 is 1.38 bits per heavy atom. The van der Waals surface area contributed by atoms with E-state index in [1.54, 1.807) is 6.66 Å². The molecule has 5 nitrogen and oxygen atoms in total. The molecule has 1 rings (SSSR count). The van der Waals surface area contributed by atoms with Crippen LogP contribution >= 0.6 is 15.2 Å². The van der Waals surface area contributed by atoms with Crippen molar-refractivity contribution in [2.75, 3.05) is 19.1 Å². The molecular formula is C9H15N3O2P2+2. The van der Waals surface area contributed by atoms with E-state index in [9.17, 15) is 9.59 Å². The Morgan fingerprint density at radius 2 is 1.94 bits per heavy atom. The highest BCUT2D eigenvalue weighted by molar-refractivity contribution is 7.54. The highest BCUT2D eigenvalue weighted by Gasteiger charge is 2.20. The first kappa shape index (κ1) is 12.9. The van der Waals surface area contributed by atoms with Crippen LogP contribution in [0.3, 0.4) is 0 Å². The first-order chi connectivity index (χ1) is 7.34. The Labute approximate surface area is 95.1 Å². The predicted molar refractivity (Wildman–Crippen MR) is 74.8 cm³/mol. The zero-order valence-corrected chi connectivity index (χ0v) is 11.1. The molecule has 0 radical (unpaired) electrons. The van der Waals surface area contributed by atoms with E-state index in [4.69, 9.17) is 5.73 Å². The molecule has 16 heavy (non-hydrogen) atoms. The number of hydrogen-bond acceptors (Lipinski definition) is 3. The van der Waals surface area contributed by atoms with Gasteiger partial charge in [-0.05, 0) is 0 Å². The van der Waals surface area contributed by atoms with E-state index in [1.807, 2.05) is 6.66 Å². The van der Waals surface area contributed by atoms with E-state index >= 15 is 0 Å². The van der Waals surface area contributed by atoms with Crippen LogP contribution in [0.25, 0.3) is 0 Å². The van der Waals surface area contributed by atoms with E-state index in [0.29, 0.717) is 11.7 Å². The zero-order chi connectivity index (χ0) is 12.5. The van der Waals surface area contributed by atoms with Gasteiger partial charge in [-0.2, -0.15) is 0 Å². The Hall–Kier alpha value is -1.18. The minimum atomic E-state index is -0.945. The number of nitrogens with two attached hydrogens (primary N) is 1. The maximum atomic E-state index is 11.6. The topological polar surface area (TPSA) is 80.9 Å². The maximum Gasteiger partial charge on any atom is 0.368 e. The number of rotatable bonds is 3. The quantitative estimate of drug-likeness (QED) is 0.774. The zero-order valence-electron chi connectivity index (χ0n) is 9.36. The molecule has 1 aromatic rings. The summed E-state index contributed by atoms with van der Waals surface area (Å²) in [5.41, 5.74) is 5.39. The summed E-state index contributed by atoms with van der Waals surface area (Å²) in [4.78, 5) is 25.4. The molecule has 1 aromatic heterocycles. The van der Waals surface area contributed by atoms with Crippen molar-refractivity contribution in [3.63, 3.8) is 0 Å². The van der Waals surface area contributed by atoms with Crippen LogP contribution in [0.4, 0.5) is 5.82 Å². The van der Waals surface area contributed by atoms with Crippen molar-refractivity contribution in [2.24, 2.45) is 0 Å². The molecule has 0 aliphatic heterocycles. The summed E-state index contributed by atoms with van der Waals surface area (Å²) < 4.78 is 1.35. The van der Waals surface area contributed by atoms with Crippen LogP contribution in [-0.2, 0) is 6.16 Å². The van der Waals surface area contributed by atoms with Crippen LogP contribution in [0, 0.1) is 0 Å². The Kier molecular flexibility index (Phi) is 3.84. The lowest BCUT2D eigenvalue weighted by Crippen LogP contribution is -2.31. The number of hydrogen-bond donors (Lipinski definition) is 2. The van der Waals surface area contributed by atoms with Crippen LogP contribution < -0.4 is 17.0 Å². The van der Waals surface area contributed by atoms with E-state index < -0.39 is 26.5 Å². The lowest BCUT2D eigenvalue weighted by Gasteiger charge is -2.02. The van der Waals surface area contributed by atoms with Gasteiger partial charge in [-0.1, -0.05) is 4.34 Å². The van der Waals surface area contributed by atoms with E-state index in [1.165, 1.54) is 4.34 Å². The number of H-pyrrole nitrogens is 1.